The van der Waals surface area contributed by atoms with Crippen LogP contribution in [0.25, 0.3) is 34.1 Å². The smallest absolute Gasteiger partial charge is 0.0714 e. The fourth-order valence-electron chi connectivity index (χ4n) is 6.14. The molecule has 1 spiro atoms. The van der Waals surface area contributed by atoms with Crippen LogP contribution in [0.15, 0.2) is 115 Å². The Labute approximate surface area is 199 Å². The van der Waals surface area contributed by atoms with E-state index < -0.39 is 5.41 Å². The molecule has 0 fully saturated rings. The third kappa shape index (κ3) is 2.48. The molecule has 0 heterocycles. The highest BCUT2D eigenvalue weighted by Crippen LogP contribution is 2.57. The molecule has 0 N–H and O–H groups in total. The van der Waals surface area contributed by atoms with Crippen LogP contribution in [0.4, 0.5) is 0 Å². The molecule has 0 radical (unpaired) electrons. The van der Waals surface area contributed by atoms with Gasteiger partial charge in [-0.3, -0.25) is 0 Å². The van der Waals surface area contributed by atoms with Crippen LogP contribution in [-0.2, 0) is 5.41 Å². The summed E-state index contributed by atoms with van der Waals surface area (Å²) < 4.78 is 0. The SMILES string of the molecule is C=C1/C=c2/cccc/c2=C/c2cc3ccccc3cc2C12c1ccccc1-c1ccc(C)cc12. The summed E-state index contributed by atoms with van der Waals surface area (Å²) in [4.78, 5) is 0. The molecule has 0 aliphatic heterocycles. The average molecular weight is 433 g/mol. The molecule has 0 aromatic heterocycles. The molecule has 0 bridgehead atoms. The first-order valence-electron chi connectivity index (χ1n) is 11.9. The third-order valence-electron chi connectivity index (χ3n) is 7.64. The molecule has 0 nitrogen and oxygen atoms in total. The van der Waals surface area contributed by atoms with Crippen LogP contribution < -0.4 is 10.4 Å². The molecule has 2 aliphatic carbocycles. The van der Waals surface area contributed by atoms with Crippen LogP contribution in [-0.4, -0.2) is 0 Å². The zero-order chi connectivity index (χ0) is 22.9. The molecule has 5 aromatic rings. The predicted molar refractivity (Wildman–Crippen MR) is 143 cm³/mol. The van der Waals surface area contributed by atoms with Crippen molar-refractivity contribution in [1.82, 2.24) is 0 Å². The fourth-order valence-corrected chi connectivity index (χ4v) is 6.14. The summed E-state index contributed by atoms with van der Waals surface area (Å²) in [5.74, 6) is 0. The Morgan fingerprint density at radius 1 is 0.559 bits per heavy atom. The van der Waals surface area contributed by atoms with Gasteiger partial charge in [0.1, 0.15) is 0 Å². The predicted octanol–water partition coefficient (Wildman–Crippen LogP) is 6.64. The van der Waals surface area contributed by atoms with Crippen molar-refractivity contribution >= 4 is 22.9 Å². The number of hydrogen-bond acceptors (Lipinski definition) is 0. The van der Waals surface area contributed by atoms with Gasteiger partial charge in [-0.05, 0) is 85.3 Å². The normalized spacial score (nSPS) is 19.6. The quantitative estimate of drug-likeness (QED) is 0.257. The Balaban J connectivity index is 1.74. The van der Waals surface area contributed by atoms with Crippen molar-refractivity contribution in [2.75, 3.05) is 0 Å². The summed E-state index contributed by atoms with van der Waals surface area (Å²) in [6, 6.07) is 37.9. The summed E-state index contributed by atoms with van der Waals surface area (Å²) in [6.45, 7) is 6.98. The van der Waals surface area contributed by atoms with Crippen LogP contribution in [0, 0.1) is 6.92 Å². The van der Waals surface area contributed by atoms with Crippen molar-refractivity contribution in [3.63, 3.8) is 0 Å². The maximum atomic E-state index is 4.79. The van der Waals surface area contributed by atoms with Gasteiger partial charge in [0.15, 0.2) is 0 Å². The number of rotatable bonds is 0. The van der Waals surface area contributed by atoms with Crippen LogP contribution in [0.1, 0.15) is 27.8 Å². The molecule has 1 unspecified atom stereocenters. The highest BCUT2D eigenvalue weighted by atomic mass is 14.5. The molecule has 1 atom stereocenters. The molecule has 34 heavy (non-hydrogen) atoms. The lowest BCUT2D eigenvalue weighted by Gasteiger charge is -2.36. The summed E-state index contributed by atoms with van der Waals surface area (Å²) in [5.41, 5.74) is 9.77. The van der Waals surface area contributed by atoms with Crippen molar-refractivity contribution in [2.45, 2.75) is 12.3 Å². The summed E-state index contributed by atoms with van der Waals surface area (Å²) in [7, 11) is 0. The van der Waals surface area contributed by atoms with E-state index in [1.54, 1.807) is 0 Å². The standard InChI is InChI=1S/C34H24/c1-22-15-16-30-29-13-7-8-14-31(29)34(33(30)17-22)23(2)18-24-9-3-4-10-25(24)19-28-20-26-11-5-6-12-27(26)21-32(28)34/h3-21H,2H2,1H3/b24-18-,25-19-. The highest BCUT2D eigenvalue weighted by molar-refractivity contribution is 5.93. The summed E-state index contributed by atoms with van der Waals surface area (Å²) >= 11 is 0. The van der Waals surface area contributed by atoms with Gasteiger partial charge in [0.2, 0.25) is 0 Å². The second-order valence-corrected chi connectivity index (χ2v) is 9.57. The van der Waals surface area contributed by atoms with Gasteiger partial charge in [-0.1, -0.05) is 109 Å². The Kier molecular flexibility index (Phi) is 3.93. The lowest BCUT2D eigenvalue weighted by atomic mass is 9.65. The molecule has 160 valence electrons. The Morgan fingerprint density at radius 2 is 1.21 bits per heavy atom. The minimum atomic E-state index is -0.443. The molecule has 2 aliphatic rings. The van der Waals surface area contributed by atoms with Gasteiger partial charge in [0, 0.05) is 0 Å². The van der Waals surface area contributed by atoms with Crippen molar-refractivity contribution in [2.24, 2.45) is 0 Å². The Hall–Kier alpha value is -4.16. The number of benzene rings is 5. The van der Waals surface area contributed by atoms with Gasteiger partial charge in [0.25, 0.3) is 0 Å². The molecule has 0 saturated carbocycles. The molecule has 5 aromatic carbocycles. The first-order valence-corrected chi connectivity index (χ1v) is 11.9. The van der Waals surface area contributed by atoms with E-state index in [0.29, 0.717) is 0 Å². The van der Waals surface area contributed by atoms with Crippen molar-refractivity contribution in [3.8, 4) is 11.1 Å². The van der Waals surface area contributed by atoms with Gasteiger partial charge < -0.3 is 0 Å². The van der Waals surface area contributed by atoms with Crippen molar-refractivity contribution < 1.29 is 0 Å². The van der Waals surface area contributed by atoms with E-state index >= 15 is 0 Å². The first kappa shape index (κ1) is 19.3. The van der Waals surface area contributed by atoms with E-state index in [1.165, 1.54) is 60.2 Å². The van der Waals surface area contributed by atoms with Crippen molar-refractivity contribution in [3.05, 3.63) is 154 Å². The zero-order valence-corrected chi connectivity index (χ0v) is 19.2. The van der Waals surface area contributed by atoms with E-state index in [2.05, 4.69) is 122 Å². The topological polar surface area (TPSA) is 0 Å². The van der Waals surface area contributed by atoms with Crippen LogP contribution in [0.5, 0.6) is 0 Å². The maximum Gasteiger partial charge on any atom is 0.0714 e. The monoisotopic (exact) mass is 432 g/mol. The van der Waals surface area contributed by atoms with Crippen LogP contribution in [0.2, 0.25) is 0 Å². The van der Waals surface area contributed by atoms with Gasteiger partial charge in [-0.2, -0.15) is 0 Å². The largest absolute Gasteiger partial charge is 0.0942 e. The van der Waals surface area contributed by atoms with E-state index in [-0.39, 0.29) is 0 Å². The van der Waals surface area contributed by atoms with E-state index in [9.17, 15) is 0 Å². The lowest BCUT2D eigenvalue weighted by molar-refractivity contribution is 0.776. The number of aryl methyl sites for hydroxylation is 1. The molecule has 0 amide bonds. The van der Waals surface area contributed by atoms with Gasteiger partial charge in [-0.25, -0.2) is 0 Å². The number of allylic oxidation sites excluding steroid dienone is 1. The second kappa shape index (κ2) is 6.92. The maximum absolute atomic E-state index is 4.79. The van der Waals surface area contributed by atoms with Gasteiger partial charge in [0.05, 0.1) is 5.41 Å². The lowest BCUT2D eigenvalue weighted by Crippen LogP contribution is -2.34. The first-order chi connectivity index (χ1) is 16.7. The molecule has 7 rings (SSSR count). The van der Waals surface area contributed by atoms with E-state index in [1.807, 2.05) is 0 Å². The second-order valence-electron chi connectivity index (χ2n) is 9.57. The van der Waals surface area contributed by atoms with Gasteiger partial charge >= 0.3 is 0 Å². The van der Waals surface area contributed by atoms with E-state index in [4.69, 9.17) is 6.58 Å². The van der Waals surface area contributed by atoms with Gasteiger partial charge in [-0.15, -0.1) is 0 Å². The number of fused-ring (bicyclic) bond motifs is 9. The number of hydrogen-bond donors (Lipinski definition) is 0. The minimum Gasteiger partial charge on any atom is -0.0942 e. The van der Waals surface area contributed by atoms with E-state index in [0.717, 1.165) is 5.57 Å². The van der Waals surface area contributed by atoms with Crippen molar-refractivity contribution in [1.29, 1.82) is 0 Å². The Bertz CT molecular complexity index is 1780. The van der Waals surface area contributed by atoms with Crippen LogP contribution in [0.3, 0.4) is 0 Å². The summed E-state index contributed by atoms with van der Waals surface area (Å²) in [6.07, 6.45) is 4.66. The highest BCUT2D eigenvalue weighted by Gasteiger charge is 2.47. The molecular weight excluding hydrogens is 408 g/mol. The third-order valence-corrected chi connectivity index (χ3v) is 7.64. The summed E-state index contributed by atoms with van der Waals surface area (Å²) in [5, 5.41) is 4.96. The molecular formula is C34H24. The van der Waals surface area contributed by atoms with Crippen LogP contribution >= 0.6 is 0 Å². The average Bonchev–Trinajstić information content (AvgIpc) is 3.14. The fraction of sp³-hybridized carbons (Fsp3) is 0.0588. The minimum absolute atomic E-state index is 0.443. The molecule has 0 saturated heterocycles. The Morgan fingerprint density at radius 3 is 2.03 bits per heavy atom. The zero-order valence-electron chi connectivity index (χ0n) is 19.2. The molecule has 0 heteroatoms.